The van der Waals surface area contributed by atoms with Crippen LogP contribution in [0.5, 0.6) is 0 Å². The summed E-state index contributed by atoms with van der Waals surface area (Å²) >= 11 is 0. The smallest absolute Gasteiger partial charge is 0.251 e. The number of carbonyl (C=O) groups excluding carboxylic acids is 1. The van der Waals surface area contributed by atoms with Crippen molar-refractivity contribution in [3.05, 3.63) is 89.7 Å². The molecule has 0 radical (unpaired) electrons. The number of carbonyl (C=O) groups is 1. The predicted molar refractivity (Wildman–Crippen MR) is 115 cm³/mol. The zero-order valence-corrected chi connectivity index (χ0v) is 15.8. The highest BCUT2D eigenvalue weighted by Crippen LogP contribution is 2.20. The minimum atomic E-state index is -0.107. The van der Waals surface area contributed by atoms with Gasteiger partial charge in [0.1, 0.15) is 5.84 Å². The van der Waals surface area contributed by atoms with E-state index < -0.39 is 0 Å². The molecule has 4 rings (SSSR count). The quantitative estimate of drug-likeness (QED) is 0.302. The molecule has 0 spiro atoms. The van der Waals surface area contributed by atoms with Crippen LogP contribution in [0.4, 0.5) is 0 Å². The van der Waals surface area contributed by atoms with E-state index in [0.717, 1.165) is 27.7 Å². The maximum Gasteiger partial charge on any atom is 0.251 e. The molecule has 0 fully saturated rings. The number of hydrogen-bond acceptors (Lipinski definition) is 3. The second kappa shape index (κ2) is 7.98. The number of aromatic nitrogens is 2. The van der Waals surface area contributed by atoms with Gasteiger partial charge in [0.25, 0.3) is 5.91 Å². The van der Waals surface area contributed by atoms with E-state index in [0.29, 0.717) is 24.1 Å². The van der Waals surface area contributed by atoms with Gasteiger partial charge in [0.2, 0.25) is 0 Å². The molecule has 0 aliphatic carbocycles. The van der Waals surface area contributed by atoms with Crippen molar-refractivity contribution < 1.29 is 4.79 Å². The van der Waals surface area contributed by atoms with Crippen LogP contribution in [0.15, 0.2) is 73.1 Å². The topological polar surface area (TPSA) is 108 Å². The number of pyridine rings is 1. The van der Waals surface area contributed by atoms with Crippen LogP contribution in [-0.2, 0) is 6.42 Å². The van der Waals surface area contributed by atoms with Crippen LogP contribution in [0.25, 0.3) is 22.2 Å². The summed E-state index contributed by atoms with van der Waals surface area (Å²) in [6.45, 7) is 0.520. The van der Waals surface area contributed by atoms with Crippen molar-refractivity contribution >= 4 is 22.6 Å². The van der Waals surface area contributed by atoms with Gasteiger partial charge in [-0.3, -0.25) is 15.2 Å². The Morgan fingerprint density at radius 3 is 2.66 bits per heavy atom. The van der Waals surface area contributed by atoms with E-state index in [1.807, 2.05) is 60.7 Å². The van der Waals surface area contributed by atoms with E-state index >= 15 is 0 Å². The second-order valence-electron chi connectivity index (χ2n) is 6.79. The maximum absolute atomic E-state index is 12.4. The van der Waals surface area contributed by atoms with Crippen molar-refractivity contribution in [1.82, 2.24) is 15.3 Å². The van der Waals surface area contributed by atoms with E-state index in [9.17, 15) is 4.79 Å². The number of aromatic amines is 1. The lowest BCUT2D eigenvalue weighted by molar-refractivity contribution is 0.0954. The normalized spacial score (nSPS) is 10.8. The summed E-state index contributed by atoms with van der Waals surface area (Å²) < 4.78 is 0. The number of amides is 1. The lowest BCUT2D eigenvalue weighted by Gasteiger charge is -2.07. The SMILES string of the molecule is N=C(N)c1c[nH]c2ccc(CCNC(=O)c3ccc(-c4ccccn4)cc3)cc12. The molecule has 2 heterocycles. The van der Waals surface area contributed by atoms with Crippen LogP contribution < -0.4 is 11.1 Å². The van der Waals surface area contributed by atoms with Crippen LogP contribution in [0.3, 0.4) is 0 Å². The van der Waals surface area contributed by atoms with Crippen molar-refractivity contribution in [2.45, 2.75) is 6.42 Å². The number of nitrogens with zero attached hydrogens (tertiary/aromatic N) is 1. The summed E-state index contributed by atoms with van der Waals surface area (Å²) in [7, 11) is 0. The summed E-state index contributed by atoms with van der Waals surface area (Å²) in [5, 5.41) is 11.5. The van der Waals surface area contributed by atoms with Gasteiger partial charge in [0, 0.05) is 46.5 Å². The van der Waals surface area contributed by atoms with Gasteiger partial charge in [-0.05, 0) is 48.4 Å². The third-order valence-corrected chi connectivity index (χ3v) is 4.84. The molecule has 1 amide bonds. The van der Waals surface area contributed by atoms with Gasteiger partial charge in [0.15, 0.2) is 0 Å². The van der Waals surface area contributed by atoms with Crippen LogP contribution in [0.2, 0.25) is 0 Å². The minimum Gasteiger partial charge on any atom is -0.384 e. The highest BCUT2D eigenvalue weighted by atomic mass is 16.1. The van der Waals surface area contributed by atoms with Crippen molar-refractivity contribution in [2.75, 3.05) is 6.54 Å². The number of amidine groups is 1. The first-order chi connectivity index (χ1) is 14.1. The molecule has 5 N–H and O–H groups in total. The number of benzene rings is 2. The van der Waals surface area contributed by atoms with Gasteiger partial charge >= 0.3 is 0 Å². The number of nitrogens with one attached hydrogen (secondary N) is 3. The number of nitrogen functional groups attached to an aromatic ring is 1. The Hall–Kier alpha value is -3.93. The summed E-state index contributed by atoms with van der Waals surface area (Å²) in [5.41, 5.74) is 10.8. The average Bonchev–Trinajstić information content (AvgIpc) is 3.18. The zero-order valence-electron chi connectivity index (χ0n) is 15.8. The lowest BCUT2D eigenvalue weighted by Crippen LogP contribution is -2.25. The van der Waals surface area contributed by atoms with Gasteiger partial charge in [0.05, 0.1) is 5.69 Å². The number of rotatable bonds is 6. The summed E-state index contributed by atoms with van der Waals surface area (Å²) in [6, 6.07) is 19.2. The molecule has 0 saturated heterocycles. The first-order valence-electron chi connectivity index (χ1n) is 9.36. The predicted octanol–water partition coefficient (Wildman–Crippen LogP) is 3.49. The molecule has 6 nitrogen and oxygen atoms in total. The standard InChI is InChI=1S/C23H21N5O/c24-22(25)19-14-28-21-9-4-15(13-18(19)21)10-12-27-23(29)17-7-5-16(6-8-17)20-3-1-2-11-26-20/h1-9,11,13-14,28H,10,12H2,(H3,24,25)(H,27,29). The van der Waals surface area contributed by atoms with Crippen molar-refractivity contribution in [3.63, 3.8) is 0 Å². The number of hydrogen-bond donors (Lipinski definition) is 4. The van der Waals surface area contributed by atoms with Crippen LogP contribution in [0, 0.1) is 5.41 Å². The fourth-order valence-electron chi connectivity index (χ4n) is 3.29. The highest BCUT2D eigenvalue weighted by Gasteiger charge is 2.09. The molecule has 0 aliphatic rings. The Balaban J connectivity index is 1.38. The third kappa shape index (κ3) is 4.01. The first-order valence-corrected chi connectivity index (χ1v) is 9.36. The Kier molecular flexibility index (Phi) is 5.07. The fraction of sp³-hybridized carbons (Fsp3) is 0.0870. The van der Waals surface area contributed by atoms with Crippen LogP contribution in [-0.4, -0.2) is 28.3 Å². The molecule has 0 aliphatic heterocycles. The third-order valence-electron chi connectivity index (χ3n) is 4.84. The summed E-state index contributed by atoms with van der Waals surface area (Å²) in [5.74, 6) is -0.0689. The second-order valence-corrected chi connectivity index (χ2v) is 6.79. The van der Waals surface area contributed by atoms with Crippen molar-refractivity contribution in [2.24, 2.45) is 5.73 Å². The monoisotopic (exact) mass is 383 g/mol. The molecule has 144 valence electrons. The van der Waals surface area contributed by atoms with E-state index in [4.69, 9.17) is 11.1 Å². The van der Waals surface area contributed by atoms with Gasteiger partial charge in [-0.25, -0.2) is 0 Å². The molecule has 6 heteroatoms. The molecule has 0 unspecified atom stereocenters. The minimum absolute atomic E-state index is 0.0378. The van der Waals surface area contributed by atoms with Crippen LogP contribution in [0.1, 0.15) is 21.5 Å². The van der Waals surface area contributed by atoms with Crippen molar-refractivity contribution in [1.29, 1.82) is 5.41 Å². The van der Waals surface area contributed by atoms with Crippen LogP contribution >= 0.6 is 0 Å². The number of fused-ring (bicyclic) bond motifs is 1. The van der Waals surface area contributed by atoms with Gasteiger partial charge < -0.3 is 16.0 Å². The molecule has 4 aromatic rings. The molecular weight excluding hydrogens is 362 g/mol. The Bertz CT molecular complexity index is 1160. The van der Waals surface area contributed by atoms with E-state index in [1.165, 1.54) is 0 Å². The average molecular weight is 383 g/mol. The molecule has 0 atom stereocenters. The Morgan fingerprint density at radius 2 is 1.93 bits per heavy atom. The Labute approximate surface area is 168 Å². The van der Waals surface area contributed by atoms with Gasteiger partial charge in [-0.2, -0.15) is 0 Å². The lowest BCUT2D eigenvalue weighted by atomic mass is 10.1. The Morgan fingerprint density at radius 1 is 1.10 bits per heavy atom. The summed E-state index contributed by atoms with van der Waals surface area (Å²) in [4.78, 5) is 19.9. The van der Waals surface area contributed by atoms with Crippen molar-refractivity contribution in [3.8, 4) is 11.3 Å². The first kappa shape index (κ1) is 18.4. The zero-order chi connectivity index (χ0) is 20.2. The molecule has 2 aromatic carbocycles. The molecular formula is C23H21N5O. The molecule has 2 aromatic heterocycles. The largest absolute Gasteiger partial charge is 0.384 e. The molecule has 0 bridgehead atoms. The van der Waals surface area contributed by atoms with Gasteiger partial charge in [-0.1, -0.05) is 24.3 Å². The molecule has 29 heavy (non-hydrogen) atoms. The van der Waals surface area contributed by atoms with E-state index in [1.54, 1.807) is 12.4 Å². The van der Waals surface area contributed by atoms with E-state index in [2.05, 4.69) is 15.3 Å². The van der Waals surface area contributed by atoms with Gasteiger partial charge in [-0.15, -0.1) is 0 Å². The maximum atomic E-state index is 12.4. The summed E-state index contributed by atoms with van der Waals surface area (Å²) in [6.07, 6.45) is 4.18. The fourth-order valence-corrected chi connectivity index (χ4v) is 3.29. The number of H-pyrrole nitrogens is 1. The molecule has 0 saturated carbocycles. The van der Waals surface area contributed by atoms with E-state index in [-0.39, 0.29) is 11.7 Å². The number of nitrogens with two attached hydrogens (primary N) is 1. The highest BCUT2D eigenvalue weighted by molar-refractivity contribution is 6.07.